The van der Waals surface area contributed by atoms with Crippen molar-refractivity contribution in [1.29, 1.82) is 0 Å². The standard InChI is InChI=1S/C14H16FN3O/c1-2-12-13(15)14(18-9-17-12)16-8-7-10-3-5-11(19)6-4-10/h3-6,9,19H,2,7-8H2,1H3,(H,16,17,18). The fourth-order valence-electron chi connectivity index (χ4n) is 1.76. The Bertz CT molecular complexity index is 543. The maximum Gasteiger partial charge on any atom is 0.186 e. The first-order valence-corrected chi connectivity index (χ1v) is 6.22. The molecule has 2 N–H and O–H groups in total. The van der Waals surface area contributed by atoms with Crippen molar-refractivity contribution in [1.82, 2.24) is 9.97 Å². The van der Waals surface area contributed by atoms with Gasteiger partial charge in [-0.1, -0.05) is 19.1 Å². The van der Waals surface area contributed by atoms with Crippen molar-refractivity contribution in [3.05, 3.63) is 47.7 Å². The summed E-state index contributed by atoms with van der Waals surface area (Å²) in [5.74, 6) is 0.104. The second kappa shape index (κ2) is 6.13. The second-order valence-electron chi connectivity index (χ2n) is 4.18. The van der Waals surface area contributed by atoms with Gasteiger partial charge in [0.25, 0.3) is 0 Å². The van der Waals surface area contributed by atoms with Crippen LogP contribution in [-0.2, 0) is 12.8 Å². The zero-order valence-electron chi connectivity index (χ0n) is 10.7. The quantitative estimate of drug-likeness (QED) is 0.868. The Morgan fingerprint density at radius 3 is 2.63 bits per heavy atom. The summed E-state index contributed by atoms with van der Waals surface area (Å²) < 4.78 is 13.8. The molecule has 0 unspecified atom stereocenters. The highest BCUT2D eigenvalue weighted by molar-refractivity contribution is 5.37. The molecule has 0 aliphatic heterocycles. The number of hydrogen-bond acceptors (Lipinski definition) is 4. The normalized spacial score (nSPS) is 10.4. The fraction of sp³-hybridized carbons (Fsp3) is 0.286. The summed E-state index contributed by atoms with van der Waals surface area (Å²) in [7, 11) is 0. The summed E-state index contributed by atoms with van der Waals surface area (Å²) in [5.41, 5.74) is 1.48. The SMILES string of the molecule is CCc1ncnc(NCCc2ccc(O)cc2)c1F. The van der Waals surface area contributed by atoms with E-state index in [2.05, 4.69) is 15.3 Å². The van der Waals surface area contributed by atoms with Gasteiger partial charge in [-0.3, -0.25) is 0 Å². The first-order chi connectivity index (χ1) is 9.20. The predicted octanol–water partition coefficient (Wildman–Crippen LogP) is 2.54. The van der Waals surface area contributed by atoms with Gasteiger partial charge in [0.05, 0.1) is 5.69 Å². The molecule has 5 heteroatoms. The fourth-order valence-corrected chi connectivity index (χ4v) is 1.76. The van der Waals surface area contributed by atoms with E-state index >= 15 is 0 Å². The van der Waals surface area contributed by atoms with E-state index in [-0.39, 0.29) is 17.4 Å². The highest BCUT2D eigenvalue weighted by atomic mass is 19.1. The molecule has 100 valence electrons. The van der Waals surface area contributed by atoms with Crippen molar-refractivity contribution in [3.8, 4) is 5.75 Å². The highest BCUT2D eigenvalue weighted by Gasteiger charge is 2.08. The molecular weight excluding hydrogens is 245 g/mol. The van der Waals surface area contributed by atoms with Crippen LogP contribution < -0.4 is 5.32 Å². The monoisotopic (exact) mass is 261 g/mol. The third-order valence-electron chi connectivity index (χ3n) is 2.84. The number of nitrogens with zero attached hydrogens (tertiary/aromatic N) is 2. The van der Waals surface area contributed by atoms with Gasteiger partial charge in [0.1, 0.15) is 12.1 Å². The first kappa shape index (κ1) is 13.3. The molecule has 4 nitrogen and oxygen atoms in total. The number of phenols is 1. The van der Waals surface area contributed by atoms with Gasteiger partial charge in [-0.25, -0.2) is 14.4 Å². The number of halogens is 1. The first-order valence-electron chi connectivity index (χ1n) is 6.22. The summed E-state index contributed by atoms with van der Waals surface area (Å²) in [4.78, 5) is 7.77. The molecule has 19 heavy (non-hydrogen) atoms. The minimum Gasteiger partial charge on any atom is -0.508 e. The molecule has 0 atom stereocenters. The van der Waals surface area contributed by atoms with Gasteiger partial charge in [-0.2, -0.15) is 0 Å². The van der Waals surface area contributed by atoms with E-state index in [9.17, 15) is 9.50 Å². The van der Waals surface area contributed by atoms with Gasteiger partial charge < -0.3 is 10.4 Å². The number of aromatic hydroxyl groups is 1. The lowest BCUT2D eigenvalue weighted by Gasteiger charge is -2.08. The summed E-state index contributed by atoms with van der Waals surface area (Å²) >= 11 is 0. The zero-order chi connectivity index (χ0) is 13.7. The van der Waals surface area contributed by atoms with Crippen molar-refractivity contribution in [2.24, 2.45) is 0 Å². The van der Waals surface area contributed by atoms with E-state index in [1.54, 1.807) is 12.1 Å². The Balaban J connectivity index is 1.94. The summed E-state index contributed by atoms with van der Waals surface area (Å²) in [5, 5.41) is 12.1. The van der Waals surface area contributed by atoms with Crippen LogP contribution in [-0.4, -0.2) is 21.6 Å². The maximum absolute atomic E-state index is 13.8. The van der Waals surface area contributed by atoms with Gasteiger partial charge >= 0.3 is 0 Å². The third kappa shape index (κ3) is 3.40. The minimum atomic E-state index is -0.379. The Hall–Kier alpha value is -2.17. The molecule has 1 aromatic carbocycles. The molecule has 0 bridgehead atoms. The van der Waals surface area contributed by atoms with E-state index in [1.165, 1.54) is 6.33 Å². The lowest BCUT2D eigenvalue weighted by molar-refractivity contribution is 0.475. The van der Waals surface area contributed by atoms with Crippen molar-refractivity contribution in [3.63, 3.8) is 0 Å². The molecular formula is C14H16FN3O. The molecule has 0 spiro atoms. The minimum absolute atomic E-state index is 0.241. The molecule has 0 fully saturated rings. The van der Waals surface area contributed by atoms with E-state index in [4.69, 9.17) is 0 Å². The number of anilines is 1. The van der Waals surface area contributed by atoms with Crippen LogP contribution in [0.3, 0.4) is 0 Å². The van der Waals surface area contributed by atoms with Gasteiger partial charge in [-0.15, -0.1) is 0 Å². The van der Waals surface area contributed by atoms with E-state index < -0.39 is 0 Å². The number of benzene rings is 1. The molecule has 1 heterocycles. The summed E-state index contributed by atoms with van der Waals surface area (Å²) in [6.07, 6.45) is 2.64. The van der Waals surface area contributed by atoms with Crippen LogP contribution in [0.25, 0.3) is 0 Å². The smallest absolute Gasteiger partial charge is 0.186 e. The van der Waals surface area contributed by atoms with Crippen LogP contribution in [0.1, 0.15) is 18.2 Å². The number of rotatable bonds is 5. The summed E-state index contributed by atoms with van der Waals surface area (Å²) in [6, 6.07) is 6.95. The molecule has 1 aromatic heterocycles. The van der Waals surface area contributed by atoms with Crippen LogP contribution in [0, 0.1) is 5.82 Å². The van der Waals surface area contributed by atoms with Gasteiger partial charge in [0, 0.05) is 6.54 Å². The van der Waals surface area contributed by atoms with Crippen LogP contribution in [0.5, 0.6) is 5.75 Å². The molecule has 0 saturated carbocycles. The van der Waals surface area contributed by atoms with Gasteiger partial charge in [0.2, 0.25) is 0 Å². The number of nitrogens with one attached hydrogen (secondary N) is 1. The van der Waals surface area contributed by atoms with Crippen molar-refractivity contribution in [2.45, 2.75) is 19.8 Å². The predicted molar refractivity (Wildman–Crippen MR) is 71.7 cm³/mol. The van der Waals surface area contributed by atoms with Crippen molar-refractivity contribution >= 4 is 5.82 Å². The van der Waals surface area contributed by atoms with E-state index in [0.29, 0.717) is 18.7 Å². The van der Waals surface area contributed by atoms with Gasteiger partial charge in [0.15, 0.2) is 11.6 Å². The van der Waals surface area contributed by atoms with Crippen LogP contribution >= 0.6 is 0 Å². The zero-order valence-corrected chi connectivity index (χ0v) is 10.7. The lowest BCUT2D eigenvalue weighted by atomic mass is 10.1. The third-order valence-corrected chi connectivity index (χ3v) is 2.84. The van der Waals surface area contributed by atoms with Crippen LogP contribution in [0.4, 0.5) is 10.2 Å². The topological polar surface area (TPSA) is 58.0 Å². The van der Waals surface area contributed by atoms with Crippen LogP contribution in [0.15, 0.2) is 30.6 Å². The van der Waals surface area contributed by atoms with E-state index in [1.807, 2.05) is 19.1 Å². The second-order valence-corrected chi connectivity index (χ2v) is 4.18. The number of aromatic nitrogens is 2. The maximum atomic E-state index is 13.8. The average Bonchev–Trinajstić information content (AvgIpc) is 2.43. The Labute approximate surface area is 111 Å². The molecule has 2 rings (SSSR count). The largest absolute Gasteiger partial charge is 0.508 e. The molecule has 2 aromatic rings. The van der Waals surface area contributed by atoms with Crippen molar-refractivity contribution in [2.75, 3.05) is 11.9 Å². The molecule has 0 saturated heterocycles. The van der Waals surface area contributed by atoms with Crippen molar-refractivity contribution < 1.29 is 9.50 Å². The number of phenolic OH excluding ortho intramolecular Hbond substituents is 1. The Kier molecular flexibility index (Phi) is 4.28. The highest BCUT2D eigenvalue weighted by Crippen LogP contribution is 2.14. The molecule has 0 aliphatic carbocycles. The number of aryl methyl sites for hydroxylation is 1. The van der Waals surface area contributed by atoms with Gasteiger partial charge in [-0.05, 0) is 30.5 Å². The molecule has 0 amide bonds. The Morgan fingerprint density at radius 2 is 1.95 bits per heavy atom. The summed E-state index contributed by atoms with van der Waals surface area (Å²) in [6.45, 7) is 2.42. The van der Waals surface area contributed by atoms with Crippen LogP contribution in [0.2, 0.25) is 0 Å². The average molecular weight is 261 g/mol. The number of hydrogen-bond donors (Lipinski definition) is 2. The van der Waals surface area contributed by atoms with E-state index in [0.717, 1.165) is 12.0 Å². The Morgan fingerprint density at radius 1 is 1.21 bits per heavy atom. The lowest BCUT2D eigenvalue weighted by Crippen LogP contribution is -2.10. The molecule has 0 radical (unpaired) electrons. The molecule has 0 aliphatic rings.